The van der Waals surface area contributed by atoms with Crippen molar-refractivity contribution in [3.05, 3.63) is 48.0 Å². The second-order valence-electron chi connectivity index (χ2n) is 5.09. The van der Waals surface area contributed by atoms with Crippen LogP contribution in [-0.2, 0) is 11.3 Å². The van der Waals surface area contributed by atoms with E-state index in [-0.39, 0.29) is 11.8 Å². The van der Waals surface area contributed by atoms with Gasteiger partial charge in [-0.1, -0.05) is 18.2 Å². The van der Waals surface area contributed by atoms with Crippen molar-refractivity contribution in [3.63, 3.8) is 0 Å². The van der Waals surface area contributed by atoms with E-state index in [0.29, 0.717) is 6.54 Å². The van der Waals surface area contributed by atoms with Crippen molar-refractivity contribution < 1.29 is 4.79 Å². The van der Waals surface area contributed by atoms with Crippen molar-refractivity contribution >= 4 is 11.6 Å². The maximum atomic E-state index is 12.6. The van der Waals surface area contributed by atoms with Crippen LogP contribution in [0.15, 0.2) is 36.7 Å². The summed E-state index contributed by atoms with van der Waals surface area (Å²) in [5.41, 5.74) is 2.17. The lowest BCUT2D eigenvalue weighted by Crippen LogP contribution is -2.34. The van der Waals surface area contributed by atoms with Gasteiger partial charge in [-0.05, 0) is 18.1 Å². The average Bonchev–Trinajstić information content (AvgIpc) is 2.99. The highest BCUT2D eigenvalue weighted by molar-refractivity contribution is 5.86. The number of imidazole rings is 1. The molecule has 0 spiro atoms. The van der Waals surface area contributed by atoms with Gasteiger partial charge in [0.2, 0.25) is 5.91 Å². The molecular formula is C15H18N4O. The molecule has 2 aromatic rings. The minimum absolute atomic E-state index is 0.0626. The molecular weight excluding hydrogens is 252 g/mol. The van der Waals surface area contributed by atoms with Crippen LogP contribution in [-0.4, -0.2) is 34.4 Å². The number of aromatic amines is 1. The first-order valence-electron chi connectivity index (χ1n) is 6.82. The third kappa shape index (κ3) is 2.39. The lowest BCUT2D eigenvalue weighted by molar-refractivity contribution is -0.132. The Hall–Kier alpha value is -2.30. The molecule has 1 atom stereocenters. The van der Waals surface area contributed by atoms with Crippen molar-refractivity contribution in [1.29, 1.82) is 0 Å². The number of benzene rings is 1. The monoisotopic (exact) mass is 270 g/mol. The number of amides is 1. The zero-order chi connectivity index (χ0) is 13.9. The highest BCUT2D eigenvalue weighted by Gasteiger charge is 2.28. The van der Waals surface area contributed by atoms with E-state index < -0.39 is 0 Å². The Morgan fingerprint density at radius 1 is 1.45 bits per heavy atom. The second-order valence-corrected chi connectivity index (χ2v) is 5.09. The number of hydrogen-bond acceptors (Lipinski definition) is 3. The van der Waals surface area contributed by atoms with Gasteiger partial charge in [-0.3, -0.25) is 4.79 Å². The summed E-state index contributed by atoms with van der Waals surface area (Å²) in [5, 5.41) is 3.34. The molecule has 2 N–H and O–H groups in total. The molecule has 0 bridgehead atoms. The molecule has 3 rings (SSSR count). The number of nitrogens with one attached hydrogen (secondary N) is 2. The molecule has 0 radical (unpaired) electrons. The summed E-state index contributed by atoms with van der Waals surface area (Å²) in [6.45, 7) is 1.35. The fourth-order valence-corrected chi connectivity index (χ4v) is 2.68. The molecule has 0 fully saturated rings. The predicted octanol–water partition coefficient (Wildman–Crippen LogP) is 1.97. The smallest absolute Gasteiger partial charge is 0.230 e. The SMILES string of the molecule is CN(Cc1ncc[nH]1)C(=O)C1CCNc2ccccc21. The summed E-state index contributed by atoms with van der Waals surface area (Å²) in [4.78, 5) is 21.6. The van der Waals surface area contributed by atoms with Crippen molar-refractivity contribution in [3.8, 4) is 0 Å². The first kappa shape index (κ1) is 12.7. The summed E-state index contributed by atoms with van der Waals surface area (Å²) < 4.78 is 0. The first-order chi connectivity index (χ1) is 9.75. The Morgan fingerprint density at radius 3 is 3.10 bits per heavy atom. The molecule has 0 aliphatic carbocycles. The van der Waals surface area contributed by atoms with Crippen LogP contribution in [0.1, 0.15) is 23.7 Å². The van der Waals surface area contributed by atoms with Crippen LogP contribution in [0.3, 0.4) is 0 Å². The Kier molecular flexibility index (Phi) is 3.41. The van der Waals surface area contributed by atoms with Gasteiger partial charge in [-0.15, -0.1) is 0 Å². The maximum Gasteiger partial charge on any atom is 0.230 e. The summed E-state index contributed by atoms with van der Waals surface area (Å²) >= 11 is 0. The van der Waals surface area contributed by atoms with E-state index >= 15 is 0 Å². The lowest BCUT2D eigenvalue weighted by Gasteiger charge is -2.29. The zero-order valence-electron chi connectivity index (χ0n) is 11.5. The second kappa shape index (κ2) is 5.36. The van der Waals surface area contributed by atoms with E-state index in [4.69, 9.17) is 0 Å². The van der Waals surface area contributed by atoms with Gasteiger partial charge in [-0.25, -0.2) is 4.98 Å². The molecule has 1 amide bonds. The van der Waals surface area contributed by atoms with Gasteiger partial charge in [0.15, 0.2) is 0 Å². The summed E-state index contributed by atoms with van der Waals surface area (Å²) in [7, 11) is 1.83. The van der Waals surface area contributed by atoms with Crippen LogP contribution in [0.25, 0.3) is 0 Å². The number of rotatable bonds is 3. The van der Waals surface area contributed by atoms with Crippen LogP contribution in [0.5, 0.6) is 0 Å². The molecule has 0 saturated carbocycles. The highest BCUT2D eigenvalue weighted by atomic mass is 16.2. The van der Waals surface area contributed by atoms with Crippen LogP contribution >= 0.6 is 0 Å². The van der Waals surface area contributed by atoms with E-state index in [9.17, 15) is 4.79 Å². The molecule has 1 aromatic carbocycles. The Morgan fingerprint density at radius 2 is 2.30 bits per heavy atom. The molecule has 0 saturated heterocycles. The molecule has 1 aliphatic rings. The molecule has 1 unspecified atom stereocenters. The van der Waals surface area contributed by atoms with Gasteiger partial charge in [0, 0.05) is 31.7 Å². The van der Waals surface area contributed by atoms with Crippen molar-refractivity contribution in [2.45, 2.75) is 18.9 Å². The van der Waals surface area contributed by atoms with E-state index in [2.05, 4.69) is 15.3 Å². The number of fused-ring (bicyclic) bond motifs is 1. The van der Waals surface area contributed by atoms with Gasteiger partial charge in [0.1, 0.15) is 5.82 Å². The molecule has 1 aromatic heterocycles. The molecule has 20 heavy (non-hydrogen) atoms. The maximum absolute atomic E-state index is 12.6. The number of hydrogen-bond donors (Lipinski definition) is 2. The normalized spacial score (nSPS) is 17.1. The molecule has 2 heterocycles. The average molecular weight is 270 g/mol. The van der Waals surface area contributed by atoms with Crippen LogP contribution in [0.2, 0.25) is 0 Å². The number of anilines is 1. The first-order valence-corrected chi connectivity index (χ1v) is 6.82. The lowest BCUT2D eigenvalue weighted by atomic mass is 9.90. The van der Waals surface area contributed by atoms with E-state index in [1.165, 1.54) is 0 Å². The number of likely N-dealkylation sites (N-methyl/N-ethyl adjacent to an activating group) is 1. The zero-order valence-corrected chi connectivity index (χ0v) is 11.5. The third-order valence-electron chi connectivity index (χ3n) is 3.70. The number of carbonyl (C=O) groups excluding carboxylic acids is 1. The van der Waals surface area contributed by atoms with E-state index in [1.807, 2.05) is 31.3 Å². The third-order valence-corrected chi connectivity index (χ3v) is 3.70. The van der Waals surface area contributed by atoms with Gasteiger partial charge >= 0.3 is 0 Å². The van der Waals surface area contributed by atoms with Crippen LogP contribution < -0.4 is 5.32 Å². The largest absolute Gasteiger partial charge is 0.385 e. The number of H-pyrrole nitrogens is 1. The highest BCUT2D eigenvalue weighted by Crippen LogP contribution is 2.32. The van der Waals surface area contributed by atoms with Gasteiger partial charge < -0.3 is 15.2 Å². The van der Waals surface area contributed by atoms with Crippen LogP contribution in [0, 0.1) is 0 Å². The molecule has 1 aliphatic heterocycles. The van der Waals surface area contributed by atoms with E-state index in [1.54, 1.807) is 17.3 Å². The molecule has 5 nitrogen and oxygen atoms in total. The van der Waals surface area contributed by atoms with Crippen molar-refractivity contribution in [2.75, 3.05) is 18.9 Å². The molecule has 104 valence electrons. The number of carbonyl (C=O) groups is 1. The van der Waals surface area contributed by atoms with Gasteiger partial charge in [0.05, 0.1) is 12.5 Å². The van der Waals surface area contributed by atoms with Gasteiger partial charge in [0.25, 0.3) is 0 Å². The summed E-state index contributed by atoms with van der Waals surface area (Å²) in [5.74, 6) is 0.894. The van der Waals surface area contributed by atoms with Crippen molar-refractivity contribution in [1.82, 2.24) is 14.9 Å². The van der Waals surface area contributed by atoms with Crippen LogP contribution in [0.4, 0.5) is 5.69 Å². The Bertz CT molecular complexity index is 594. The number of nitrogens with zero attached hydrogens (tertiary/aromatic N) is 2. The predicted molar refractivity (Wildman–Crippen MR) is 77.4 cm³/mol. The minimum Gasteiger partial charge on any atom is -0.385 e. The standard InChI is InChI=1S/C15H18N4O/c1-19(10-14-17-8-9-18-14)15(20)12-6-7-16-13-5-3-2-4-11(12)13/h2-5,8-9,12,16H,6-7,10H2,1H3,(H,17,18). The Balaban J connectivity index is 1.77. The fraction of sp³-hybridized carbons (Fsp3) is 0.333. The number of aromatic nitrogens is 2. The summed E-state index contributed by atoms with van der Waals surface area (Å²) in [6, 6.07) is 8.04. The topological polar surface area (TPSA) is 61.0 Å². The molecule has 5 heteroatoms. The number of para-hydroxylation sites is 1. The van der Waals surface area contributed by atoms with E-state index in [0.717, 1.165) is 30.0 Å². The van der Waals surface area contributed by atoms with Crippen molar-refractivity contribution in [2.24, 2.45) is 0 Å². The minimum atomic E-state index is -0.0626. The summed E-state index contributed by atoms with van der Waals surface area (Å²) in [6.07, 6.45) is 4.30. The fourth-order valence-electron chi connectivity index (χ4n) is 2.68. The van der Waals surface area contributed by atoms with Gasteiger partial charge in [-0.2, -0.15) is 0 Å². The Labute approximate surface area is 118 Å². The quantitative estimate of drug-likeness (QED) is 0.896.